The van der Waals surface area contributed by atoms with Crippen molar-refractivity contribution in [2.75, 3.05) is 6.61 Å². The van der Waals surface area contributed by atoms with Crippen LogP contribution in [0, 0.1) is 0 Å². The molecule has 0 radical (unpaired) electrons. The van der Waals surface area contributed by atoms with Crippen LogP contribution < -0.4 is 0 Å². The molecule has 0 aromatic rings. The van der Waals surface area contributed by atoms with Crippen molar-refractivity contribution in [2.24, 2.45) is 0 Å². The van der Waals surface area contributed by atoms with Gasteiger partial charge in [-0.3, -0.25) is 4.79 Å². The van der Waals surface area contributed by atoms with Crippen LogP contribution >= 0.6 is 0 Å². The second kappa shape index (κ2) is 18.7. The molecule has 1 atom stereocenters. The van der Waals surface area contributed by atoms with E-state index in [4.69, 9.17) is 4.74 Å². The van der Waals surface area contributed by atoms with Gasteiger partial charge in [-0.2, -0.15) is 0 Å². The molecular weight excluding hydrogens is 308 g/mol. The Kier molecular flexibility index (Phi) is 17.4. The molecule has 0 saturated carbocycles. The molecule has 0 amide bonds. The monoisotopic (exact) mass is 344 g/mol. The van der Waals surface area contributed by atoms with Gasteiger partial charge in [0.1, 0.15) is 6.10 Å². The van der Waals surface area contributed by atoms with Gasteiger partial charge in [0.05, 0.1) is 6.61 Å². The Labute approximate surface area is 155 Å². The first-order valence-electron chi connectivity index (χ1n) is 9.59. The average Bonchev–Trinajstić information content (AvgIpc) is 2.60. The zero-order chi connectivity index (χ0) is 18.6. The van der Waals surface area contributed by atoms with Gasteiger partial charge in [0.25, 0.3) is 0 Å². The Hall–Kier alpha value is -1.67. The van der Waals surface area contributed by atoms with E-state index >= 15 is 0 Å². The molecule has 0 aliphatic rings. The Morgan fingerprint density at radius 1 is 0.760 bits per heavy atom. The molecule has 0 aromatic heterocycles. The molecular formula is C23H36O2. The summed E-state index contributed by atoms with van der Waals surface area (Å²) in [5, 5.41) is 0. The maximum Gasteiger partial charge on any atom is 0.158 e. The highest BCUT2D eigenvalue weighted by Gasteiger charge is 2.10. The Bertz CT molecular complexity index is 453. The van der Waals surface area contributed by atoms with Crippen molar-refractivity contribution in [1.29, 1.82) is 0 Å². The number of carbonyl (C=O) groups is 1. The fraction of sp³-hybridized carbons (Fsp3) is 0.522. The maximum absolute atomic E-state index is 11.2. The van der Waals surface area contributed by atoms with E-state index in [0.29, 0.717) is 6.61 Å². The molecule has 2 heteroatoms. The van der Waals surface area contributed by atoms with Crippen molar-refractivity contribution in [3.8, 4) is 0 Å². The minimum Gasteiger partial charge on any atom is -0.370 e. The topological polar surface area (TPSA) is 26.3 Å². The molecule has 0 bridgehead atoms. The molecule has 0 aliphatic heterocycles. The van der Waals surface area contributed by atoms with Gasteiger partial charge in [-0.1, -0.05) is 74.6 Å². The Morgan fingerprint density at radius 3 is 1.60 bits per heavy atom. The summed E-state index contributed by atoms with van der Waals surface area (Å²) in [6.07, 6.45) is 28.3. The van der Waals surface area contributed by atoms with Crippen LogP contribution in [0.5, 0.6) is 0 Å². The van der Waals surface area contributed by atoms with Crippen LogP contribution in [0.25, 0.3) is 0 Å². The molecule has 0 saturated heterocycles. The standard InChI is InChI=1S/C23H36O2/c1-4-6-7-8-9-10-11-12-13-14-15-16-17-18-19-20-21-25-23(5-2)22(3)24/h6-7,9-10,12-13,15-16,18-19,23H,4-5,8,11,14,17,20-21H2,1-3H3/b7-6-,10-9-,13-12-,16-15-,19-18-. The number of rotatable bonds is 15. The first kappa shape index (κ1) is 23.3. The summed E-state index contributed by atoms with van der Waals surface area (Å²) in [4.78, 5) is 11.2. The lowest BCUT2D eigenvalue weighted by Gasteiger charge is -2.11. The summed E-state index contributed by atoms with van der Waals surface area (Å²) in [5.74, 6) is 0.117. The average molecular weight is 345 g/mol. The highest BCUT2D eigenvalue weighted by molar-refractivity contribution is 5.80. The van der Waals surface area contributed by atoms with Crippen LogP contribution in [0.3, 0.4) is 0 Å². The lowest BCUT2D eigenvalue weighted by atomic mass is 10.2. The molecule has 0 heterocycles. The van der Waals surface area contributed by atoms with Crippen molar-refractivity contribution in [1.82, 2.24) is 0 Å². The van der Waals surface area contributed by atoms with E-state index in [0.717, 1.165) is 44.9 Å². The molecule has 0 aromatic carbocycles. The van der Waals surface area contributed by atoms with Crippen molar-refractivity contribution in [3.63, 3.8) is 0 Å². The van der Waals surface area contributed by atoms with Gasteiger partial charge >= 0.3 is 0 Å². The van der Waals surface area contributed by atoms with Gasteiger partial charge in [-0.05, 0) is 51.9 Å². The van der Waals surface area contributed by atoms with Gasteiger partial charge in [0.2, 0.25) is 0 Å². The second-order valence-corrected chi connectivity index (χ2v) is 5.88. The van der Waals surface area contributed by atoms with Gasteiger partial charge in [-0.25, -0.2) is 0 Å². The molecule has 0 rings (SSSR count). The third kappa shape index (κ3) is 17.0. The first-order valence-corrected chi connectivity index (χ1v) is 9.59. The number of Topliss-reactive ketones (excluding diaryl/α,β-unsaturated/α-hetero) is 1. The largest absolute Gasteiger partial charge is 0.370 e. The summed E-state index contributed by atoms with van der Waals surface area (Å²) < 4.78 is 5.53. The molecule has 0 fully saturated rings. The Morgan fingerprint density at radius 2 is 1.20 bits per heavy atom. The predicted octanol–water partition coefficient (Wildman–Crippen LogP) is 6.51. The summed E-state index contributed by atoms with van der Waals surface area (Å²) in [7, 11) is 0. The normalized spacial score (nSPS) is 14.0. The third-order valence-corrected chi connectivity index (χ3v) is 3.59. The van der Waals surface area contributed by atoms with Crippen LogP contribution in [-0.4, -0.2) is 18.5 Å². The summed E-state index contributed by atoms with van der Waals surface area (Å²) in [6, 6.07) is 0. The van der Waals surface area contributed by atoms with Gasteiger partial charge in [0.15, 0.2) is 5.78 Å². The SMILES string of the molecule is CC/C=C\C/C=C\C/C=C\C/C=C\C/C=C\CCOC(CC)C(C)=O. The fourth-order valence-electron chi connectivity index (χ4n) is 2.17. The zero-order valence-corrected chi connectivity index (χ0v) is 16.3. The van der Waals surface area contributed by atoms with Crippen LogP contribution in [0.1, 0.15) is 65.7 Å². The van der Waals surface area contributed by atoms with Crippen molar-refractivity contribution < 1.29 is 9.53 Å². The second-order valence-electron chi connectivity index (χ2n) is 5.88. The number of ether oxygens (including phenoxy) is 1. The van der Waals surface area contributed by atoms with E-state index < -0.39 is 0 Å². The number of carbonyl (C=O) groups excluding carboxylic acids is 1. The summed E-state index contributed by atoms with van der Waals surface area (Å²) in [6.45, 7) is 6.33. The molecule has 0 aliphatic carbocycles. The fourth-order valence-corrected chi connectivity index (χ4v) is 2.17. The molecule has 2 nitrogen and oxygen atoms in total. The van der Waals surface area contributed by atoms with Gasteiger partial charge in [-0.15, -0.1) is 0 Å². The smallest absolute Gasteiger partial charge is 0.158 e. The van der Waals surface area contributed by atoms with Crippen molar-refractivity contribution in [2.45, 2.75) is 71.8 Å². The molecule has 0 spiro atoms. The zero-order valence-electron chi connectivity index (χ0n) is 16.3. The highest BCUT2D eigenvalue weighted by atomic mass is 16.5. The summed E-state index contributed by atoms with van der Waals surface area (Å²) in [5.41, 5.74) is 0. The van der Waals surface area contributed by atoms with Crippen LogP contribution in [0.2, 0.25) is 0 Å². The molecule has 140 valence electrons. The first-order chi connectivity index (χ1) is 12.2. The molecule has 0 N–H and O–H groups in total. The quantitative estimate of drug-likeness (QED) is 0.250. The van der Waals surface area contributed by atoms with E-state index in [1.165, 1.54) is 0 Å². The van der Waals surface area contributed by atoms with Gasteiger partial charge < -0.3 is 4.74 Å². The number of hydrogen-bond donors (Lipinski definition) is 0. The lowest BCUT2D eigenvalue weighted by Crippen LogP contribution is -2.20. The van der Waals surface area contributed by atoms with Crippen LogP contribution in [-0.2, 0) is 9.53 Å². The highest BCUT2D eigenvalue weighted by Crippen LogP contribution is 2.01. The minimum atomic E-state index is -0.234. The van der Waals surface area contributed by atoms with Crippen molar-refractivity contribution in [3.05, 3.63) is 60.8 Å². The molecule has 25 heavy (non-hydrogen) atoms. The maximum atomic E-state index is 11.2. The third-order valence-electron chi connectivity index (χ3n) is 3.59. The van der Waals surface area contributed by atoms with Crippen molar-refractivity contribution >= 4 is 5.78 Å². The van der Waals surface area contributed by atoms with Gasteiger partial charge in [0, 0.05) is 0 Å². The molecule has 1 unspecified atom stereocenters. The van der Waals surface area contributed by atoms with E-state index in [9.17, 15) is 4.79 Å². The van der Waals surface area contributed by atoms with E-state index in [2.05, 4.69) is 67.7 Å². The lowest BCUT2D eigenvalue weighted by molar-refractivity contribution is -0.128. The predicted molar refractivity (Wildman–Crippen MR) is 110 cm³/mol. The number of allylic oxidation sites excluding steroid dienone is 9. The van der Waals surface area contributed by atoms with E-state index in [1.54, 1.807) is 6.92 Å². The minimum absolute atomic E-state index is 0.117. The van der Waals surface area contributed by atoms with Crippen LogP contribution in [0.4, 0.5) is 0 Å². The summed E-state index contributed by atoms with van der Waals surface area (Å²) >= 11 is 0. The van der Waals surface area contributed by atoms with E-state index in [1.807, 2.05) is 6.92 Å². The Balaban J connectivity index is 3.57. The number of hydrogen-bond acceptors (Lipinski definition) is 2. The van der Waals surface area contributed by atoms with Crippen LogP contribution in [0.15, 0.2) is 60.8 Å². The number of ketones is 1. The van der Waals surface area contributed by atoms with E-state index in [-0.39, 0.29) is 11.9 Å².